The van der Waals surface area contributed by atoms with Crippen molar-refractivity contribution < 1.29 is 9.84 Å². The molecule has 1 aromatic rings. The third-order valence-electron chi connectivity index (χ3n) is 3.40. The van der Waals surface area contributed by atoms with Crippen LogP contribution in [0.3, 0.4) is 0 Å². The van der Waals surface area contributed by atoms with Crippen LogP contribution in [0.5, 0.6) is 0 Å². The molecule has 1 rings (SSSR count). The number of aryl methyl sites for hydroxylation is 2. The van der Waals surface area contributed by atoms with Gasteiger partial charge in [0, 0.05) is 20.1 Å². The number of hydrogen-bond donors (Lipinski definition) is 1. The lowest BCUT2D eigenvalue weighted by molar-refractivity contribution is -0.0168. The van der Waals surface area contributed by atoms with E-state index in [-0.39, 0.29) is 6.10 Å². The van der Waals surface area contributed by atoms with Crippen LogP contribution in [0.1, 0.15) is 45.0 Å². The first kappa shape index (κ1) is 16.7. The van der Waals surface area contributed by atoms with Crippen molar-refractivity contribution in [3.05, 3.63) is 15.9 Å². The van der Waals surface area contributed by atoms with Crippen molar-refractivity contribution >= 4 is 15.9 Å². The number of nitrogens with zero attached hydrogens (tertiary/aromatic N) is 2. The number of rotatable bonds is 8. The Hall–Kier alpha value is -0.390. The van der Waals surface area contributed by atoms with E-state index in [9.17, 15) is 5.11 Å². The molecule has 0 aliphatic rings. The number of aromatic nitrogens is 2. The smallest absolute Gasteiger partial charge is 0.0857 e. The topological polar surface area (TPSA) is 47.3 Å². The van der Waals surface area contributed by atoms with Gasteiger partial charge in [-0.2, -0.15) is 5.10 Å². The van der Waals surface area contributed by atoms with Crippen molar-refractivity contribution in [2.75, 3.05) is 7.11 Å². The molecule has 2 atom stereocenters. The summed E-state index contributed by atoms with van der Waals surface area (Å²) in [5.41, 5.74) is 2.11. The van der Waals surface area contributed by atoms with Gasteiger partial charge in [0.1, 0.15) is 0 Å². The number of hydrogen-bond acceptors (Lipinski definition) is 3. The highest BCUT2D eigenvalue weighted by molar-refractivity contribution is 9.10. The van der Waals surface area contributed by atoms with Crippen LogP contribution in [0.15, 0.2) is 4.47 Å². The van der Waals surface area contributed by atoms with Crippen LogP contribution < -0.4 is 0 Å². The minimum Gasteiger partial charge on any atom is -0.390 e. The SMILES string of the molecule is CCCC(OC)C(O)Cc1c(Br)c(CC)nn1CC. The van der Waals surface area contributed by atoms with Gasteiger partial charge in [-0.3, -0.25) is 4.68 Å². The molecule has 1 aromatic heterocycles. The van der Waals surface area contributed by atoms with Gasteiger partial charge in [0.25, 0.3) is 0 Å². The molecule has 0 radical (unpaired) electrons. The molecular formula is C14H25BrN2O2. The van der Waals surface area contributed by atoms with E-state index < -0.39 is 6.10 Å². The third kappa shape index (κ3) is 4.04. The average molecular weight is 333 g/mol. The maximum atomic E-state index is 10.3. The highest BCUT2D eigenvalue weighted by atomic mass is 79.9. The van der Waals surface area contributed by atoms with Crippen molar-refractivity contribution in [3.63, 3.8) is 0 Å². The van der Waals surface area contributed by atoms with Gasteiger partial charge in [0.05, 0.1) is 28.1 Å². The molecular weight excluding hydrogens is 308 g/mol. The summed E-state index contributed by atoms with van der Waals surface area (Å²) in [6, 6.07) is 0. The molecule has 0 bridgehead atoms. The molecule has 110 valence electrons. The second-order valence-electron chi connectivity index (χ2n) is 4.71. The molecule has 0 spiro atoms. The quantitative estimate of drug-likeness (QED) is 0.796. The van der Waals surface area contributed by atoms with Gasteiger partial charge in [0.2, 0.25) is 0 Å². The lowest BCUT2D eigenvalue weighted by Gasteiger charge is -2.21. The molecule has 5 heteroatoms. The average Bonchev–Trinajstić information content (AvgIpc) is 2.72. The van der Waals surface area contributed by atoms with Crippen molar-refractivity contribution in [2.45, 2.75) is 65.2 Å². The van der Waals surface area contributed by atoms with Gasteiger partial charge >= 0.3 is 0 Å². The van der Waals surface area contributed by atoms with Gasteiger partial charge < -0.3 is 9.84 Å². The summed E-state index contributed by atoms with van der Waals surface area (Å²) in [7, 11) is 1.66. The van der Waals surface area contributed by atoms with E-state index in [0.29, 0.717) is 6.42 Å². The Balaban J connectivity index is 2.88. The molecule has 1 heterocycles. The summed E-state index contributed by atoms with van der Waals surface area (Å²) < 4.78 is 8.37. The Bertz CT molecular complexity index is 393. The number of aliphatic hydroxyl groups is 1. The minimum absolute atomic E-state index is 0.109. The van der Waals surface area contributed by atoms with Gasteiger partial charge in [-0.05, 0) is 35.7 Å². The van der Waals surface area contributed by atoms with E-state index >= 15 is 0 Å². The zero-order chi connectivity index (χ0) is 14.4. The van der Waals surface area contributed by atoms with E-state index in [2.05, 4.69) is 41.8 Å². The summed E-state index contributed by atoms with van der Waals surface area (Å²) >= 11 is 3.61. The summed E-state index contributed by atoms with van der Waals surface area (Å²) in [5, 5.41) is 14.9. The second-order valence-corrected chi connectivity index (χ2v) is 5.50. The van der Waals surface area contributed by atoms with E-state index in [4.69, 9.17) is 4.74 Å². The fourth-order valence-electron chi connectivity index (χ4n) is 2.29. The summed E-state index contributed by atoms with van der Waals surface area (Å²) in [6.07, 6.45) is 2.73. The van der Waals surface area contributed by atoms with Crippen LogP contribution in [0.4, 0.5) is 0 Å². The molecule has 1 N–H and O–H groups in total. The Labute approximate surface area is 124 Å². The predicted octanol–water partition coefficient (Wildman–Crippen LogP) is 2.95. The monoisotopic (exact) mass is 332 g/mol. The van der Waals surface area contributed by atoms with Crippen molar-refractivity contribution in [1.29, 1.82) is 0 Å². The van der Waals surface area contributed by atoms with Crippen LogP contribution in [0.25, 0.3) is 0 Å². The van der Waals surface area contributed by atoms with Crippen molar-refractivity contribution in [2.24, 2.45) is 0 Å². The standard InChI is InChI=1S/C14H25BrN2O2/c1-5-8-13(19-4)12(18)9-11-14(15)10(6-2)16-17(11)7-3/h12-13,18H,5-9H2,1-4H3. The Morgan fingerprint density at radius 3 is 2.53 bits per heavy atom. The van der Waals surface area contributed by atoms with Crippen LogP contribution in [0, 0.1) is 0 Å². The summed E-state index contributed by atoms with van der Waals surface area (Å²) in [4.78, 5) is 0. The highest BCUT2D eigenvalue weighted by Crippen LogP contribution is 2.25. The zero-order valence-electron chi connectivity index (χ0n) is 12.3. The van der Waals surface area contributed by atoms with Crippen LogP contribution >= 0.6 is 15.9 Å². The first-order valence-corrected chi connectivity index (χ1v) is 7.83. The van der Waals surface area contributed by atoms with E-state index in [1.54, 1.807) is 7.11 Å². The van der Waals surface area contributed by atoms with Crippen molar-refractivity contribution in [1.82, 2.24) is 9.78 Å². The maximum absolute atomic E-state index is 10.3. The number of ether oxygens (including phenoxy) is 1. The number of aliphatic hydroxyl groups excluding tert-OH is 1. The van der Waals surface area contributed by atoms with E-state index in [1.165, 1.54) is 0 Å². The fourth-order valence-corrected chi connectivity index (χ4v) is 3.02. The molecule has 0 aliphatic carbocycles. The molecule has 0 amide bonds. The number of methoxy groups -OCH3 is 1. The maximum Gasteiger partial charge on any atom is 0.0857 e. The first-order valence-electron chi connectivity index (χ1n) is 7.03. The highest BCUT2D eigenvalue weighted by Gasteiger charge is 2.23. The number of halogens is 1. The Morgan fingerprint density at radius 2 is 2.05 bits per heavy atom. The molecule has 0 aromatic carbocycles. The largest absolute Gasteiger partial charge is 0.390 e. The predicted molar refractivity (Wildman–Crippen MR) is 80.4 cm³/mol. The lowest BCUT2D eigenvalue weighted by atomic mass is 10.0. The van der Waals surface area contributed by atoms with Gasteiger partial charge in [-0.25, -0.2) is 0 Å². The van der Waals surface area contributed by atoms with Gasteiger partial charge in [-0.1, -0.05) is 20.3 Å². The first-order chi connectivity index (χ1) is 9.08. The molecule has 19 heavy (non-hydrogen) atoms. The molecule has 0 saturated heterocycles. The van der Waals surface area contributed by atoms with Crippen LogP contribution in [-0.4, -0.2) is 34.2 Å². The van der Waals surface area contributed by atoms with E-state index in [1.807, 2.05) is 4.68 Å². The van der Waals surface area contributed by atoms with Gasteiger partial charge in [-0.15, -0.1) is 0 Å². The summed E-state index contributed by atoms with van der Waals surface area (Å²) in [5.74, 6) is 0. The molecule has 4 nitrogen and oxygen atoms in total. The van der Waals surface area contributed by atoms with E-state index in [0.717, 1.165) is 41.7 Å². The fraction of sp³-hybridized carbons (Fsp3) is 0.786. The Morgan fingerprint density at radius 1 is 1.37 bits per heavy atom. The molecule has 0 saturated carbocycles. The molecule has 0 fully saturated rings. The molecule has 0 aliphatic heterocycles. The van der Waals surface area contributed by atoms with Crippen molar-refractivity contribution in [3.8, 4) is 0 Å². The molecule has 2 unspecified atom stereocenters. The van der Waals surface area contributed by atoms with Crippen LogP contribution in [-0.2, 0) is 24.1 Å². The zero-order valence-corrected chi connectivity index (χ0v) is 13.9. The summed E-state index contributed by atoms with van der Waals surface area (Å²) in [6.45, 7) is 7.06. The van der Waals surface area contributed by atoms with Crippen LogP contribution in [0.2, 0.25) is 0 Å². The third-order valence-corrected chi connectivity index (χ3v) is 4.32. The normalized spacial score (nSPS) is 14.6. The van der Waals surface area contributed by atoms with Gasteiger partial charge in [0.15, 0.2) is 0 Å². The lowest BCUT2D eigenvalue weighted by Crippen LogP contribution is -2.30. The Kier molecular flexibility index (Phi) is 7.04. The minimum atomic E-state index is -0.493. The second kappa shape index (κ2) is 8.02.